The van der Waals surface area contributed by atoms with Crippen molar-refractivity contribution in [2.75, 3.05) is 29.9 Å². The molecule has 0 bridgehead atoms. The largest absolute Gasteiger partial charge is 0.395 e. The standard InChI is InChI=1S/C26H25F2N5O2/c27-23(28)19-5-7-20(8-6-19)26(17-35)11-14-32(15-12-26)22-2-1-13-33-24(22)30-25(31-33)29-21-9-3-18(16-34)4-10-21/h1-10,13,16,23,35H,11-12,14-15,17H2,(H,29,31). The van der Waals surface area contributed by atoms with Crippen molar-refractivity contribution in [2.24, 2.45) is 0 Å². The summed E-state index contributed by atoms with van der Waals surface area (Å²) >= 11 is 0. The average Bonchev–Trinajstić information content (AvgIpc) is 3.32. The lowest BCUT2D eigenvalue weighted by molar-refractivity contribution is 0.112. The van der Waals surface area contributed by atoms with Crippen molar-refractivity contribution in [1.82, 2.24) is 14.6 Å². The number of halogens is 2. The Morgan fingerprint density at radius 1 is 1.06 bits per heavy atom. The van der Waals surface area contributed by atoms with Gasteiger partial charge in [-0.25, -0.2) is 13.3 Å². The molecule has 3 heterocycles. The molecule has 0 saturated carbocycles. The number of hydrogen-bond donors (Lipinski definition) is 2. The number of pyridine rings is 1. The Hall–Kier alpha value is -3.85. The molecule has 1 aliphatic heterocycles. The molecule has 2 N–H and O–H groups in total. The topological polar surface area (TPSA) is 82.8 Å². The van der Waals surface area contributed by atoms with Crippen LogP contribution in [0.1, 0.15) is 40.8 Å². The van der Waals surface area contributed by atoms with Gasteiger partial charge in [0, 0.05) is 41.5 Å². The van der Waals surface area contributed by atoms with E-state index >= 15 is 0 Å². The smallest absolute Gasteiger partial charge is 0.263 e. The number of nitrogens with zero attached hydrogens (tertiary/aromatic N) is 4. The third-order valence-electron chi connectivity index (χ3n) is 6.78. The molecule has 0 amide bonds. The van der Waals surface area contributed by atoms with Gasteiger partial charge in [-0.1, -0.05) is 24.3 Å². The van der Waals surface area contributed by atoms with E-state index in [0.717, 1.165) is 23.2 Å². The average molecular weight is 478 g/mol. The molecule has 0 radical (unpaired) electrons. The molecule has 180 valence electrons. The predicted molar refractivity (Wildman–Crippen MR) is 130 cm³/mol. The normalized spacial score (nSPS) is 15.5. The molecule has 0 aliphatic carbocycles. The van der Waals surface area contributed by atoms with Gasteiger partial charge in [-0.3, -0.25) is 4.79 Å². The van der Waals surface area contributed by atoms with Crippen LogP contribution in [0.3, 0.4) is 0 Å². The molecule has 0 unspecified atom stereocenters. The highest BCUT2D eigenvalue weighted by Crippen LogP contribution is 2.38. The molecule has 5 rings (SSSR count). The summed E-state index contributed by atoms with van der Waals surface area (Å²) in [5.41, 5.74) is 3.42. The zero-order chi connectivity index (χ0) is 24.4. The number of nitrogens with one attached hydrogen (secondary N) is 1. The first-order chi connectivity index (χ1) is 17.0. The van der Waals surface area contributed by atoms with Crippen LogP contribution in [0, 0.1) is 0 Å². The Kier molecular flexibility index (Phi) is 6.17. The summed E-state index contributed by atoms with van der Waals surface area (Å²) in [4.78, 5) is 17.8. The lowest BCUT2D eigenvalue weighted by atomic mass is 9.73. The summed E-state index contributed by atoms with van der Waals surface area (Å²) in [6.45, 7) is 1.32. The van der Waals surface area contributed by atoms with Crippen molar-refractivity contribution in [3.63, 3.8) is 0 Å². The van der Waals surface area contributed by atoms with Gasteiger partial charge in [0.1, 0.15) is 6.29 Å². The van der Waals surface area contributed by atoms with Gasteiger partial charge in [0.15, 0.2) is 5.65 Å². The van der Waals surface area contributed by atoms with Crippen molar-refractivity contribution in [3.05, 3.63) is 83.6 Å². The molecule has 0 spiro atoms. The van der Waals surface area contributed by atoms with Crippen molar-refractivity contribution in [1.29, 1.82) is 0 Å². The van der Waals surface area contributed by atoms with E-state index in [1.54, 1.807) is 40.9 Å². The Morgan fingerprint density at radius 2 is 1.77 bits per heavy atom. The maximum absolute atomic E-state index is 13.0. The van der Waals surface area contributed by atoms with Crippen LogP contribution in [0.2, 0.25) is 0 Å². The highest BCUT2D eigenvalue weighted by Gasteiger charge is 2.36. The molecule has 4 aromatic rings. The van der Waals surface area contributed by atoms with Crippen LogP contribution in [0.15, 0.2) is 66.9 Å². The van der Waals surface area contributed by atoms with E-state index in [4.69, 9.17) is 0 Å². The van der Waals surface area contributed by atoms with Gasteiger partial charge < -0.3 is 15.3 Å². The summed E-state index contributed by atoms with van der Waals surface area (Å²) in [6, 6.07) is 17.3. The number of rotatable bonds is 7. The van der Waals surface area contributed by atoms with E-state index in [1.165, 1.54) is 12.1 Å². The molecule has 0 atom stereocenters. The highest BCUT2D eigenvalue weighted by atomic mass is 19.3. The summed E-state index contributed by atoms with van der Waals surface area (Å²) < 4.78 is 27.6. The van der Waals surface area contributed by atoms with Gasteiger partial charge in [-0.05, 0) is 54.8 Å². The number of aromatic nitrogens is 3. The van der Waals surface area contributed by atoms with Gasteiger partial charge in [0.05, 0.1) is 12.3 Å². The quantitative estimate of drug-likeness (QED) is 0.374. The van der Waals surface area contributed by atoms with Crippen molar-refractivity contribution < 1.29 is 18.7 Å². The zero-order valence-corrected chi connectivity index (χ0v) is 18.9. The van der Waals surface area contributed by atoms with E-state index in [0.29, 0.717) is 43.1 Å². The van der Waals surface area contributed by atoms with Crippen LogP contribution in [0.5, 0.6) is 0 Å². The Labute approximate surface area is 201 Å². The molecular weight excluding hydrogens is 452 g/mol. The van der Waals surface area contributed by atoms with Crippen LogP contribution < -0.4 is 10.2 Å². The minimum Gasteiger partial charge on any atom is -0.395 e. The minimum absolute atomic E-state index is 0.0122. The number of piperidine rings is 1. The number of carbonyl (C=O) groups excluding carboxylic acids is 1. The maximum atomic E-state index is 13.0. The van der Waals surface area contributed by atoms with Gasteiger partial charge in [0.25, 0.3) is 6.43 Å². The summed E-state index contributed by atoms with van der Waals surface area (Å²) in [7, 11) is 0. The van der Waals surface area contributed by atoms with Gasteiger partial charge in [0.2, 0.25) is 5.95 Å². The van der Waals surface area contributed by atoms with Crippen LogP contribution in [-0.2, 0) is 5.41 Å². The SMILES string of the molecule is O=Cc1ccc(Nc2nc3c(N4CCC(CO)(c5ccc(C(F)F)cc5)CC4)cccn3n2)cc1. The second-order valence-corrected chi connectivity index (χ2v) is 8.81. The highest BCUT2D eigenvalue weighted by molar-refractivity contribution is 5.76. The van der Waals surface area contributed by atoms with E-state index in [-0.39, 0.29) is 12.2 Å². The fourth-order valence-corrected chi connectivity index (χ4v) is 4.66. The van der Waals surface area contributed by atoms with Crippen LogP contribution in [0.25, 0.3) is 5.65 Å². The fourth-order valence-electron chi connectivity index (χ4n) is 4.66. The fraction of sp³-hybridized carbons (Fsp3) is 0.269. The second kappa shape index (κ2) is 9.42. The Balaban J connectivity index is 1.35. The third-order valence-corrected chi connectivity index (χ3v) is 6.78. The van der Waals surface area contributed by atoms with Crippen LogP contribution in [-0.4, -0.2) is 45.7 Å². The monoisotopic (exact) mass is 477 g/mol. The zero-order valence-electron chi connectivity index (χ0n) is 18.9. The number of aliphatic hydroxyl groups excluding tert-OH is 1. The molecule has 9 heteroatoms. The van der Waals surface area contributed by atoms with Crippen molar-refractivity contribution in [3.8, 4) is 0 Å². The molecular formula is C26H25F2N5O2. The van der Waals surface area contributed by atoms with E-state index in [2.05, 4.69) is 20.3 Å². The molecule has 35 heavy (non-hydrogen) atoms. The maximum Gasteiger partial charge on any atom is 0.263 e. The summed E-state index contributed by atoms with van der Waals surface area (Å²) in [6.07, 6.45) is 1.48. The number of aldehydes is 1. The first-order valence-electron chi connectivity index (χ1n) is 11.4. The summed E-state index contributed by atoms with van der Waals surface area (Å²) in [5.74, 6) is 0.442. The number of hydrogen-bond acceptors (Lipinski definition) is 6. The number of fused-ring (bicyclic) bond motifs is 1. The third kappa shape index (κ3) is 4.46. The molecule has 1 saturated heterocycles. The molecule has 2 aromatic carbocycles. The van der Waals surface area contributed by atoms with E-state index in [1.807, 2.05) is 18.3 Å². The lowest BCUT2D eigenvalue weighted by Crippen LogP contribution is -2.45. The number of carbonyl (C=O) groups is 1. The Morgan fingerprint density at radius 3 is 2.40 bits per heavy atom. The first-order valence-corrected chi connectivity index (χ1v) is 11.4. The van der Waals surface area contributed by atoms with E-state index < -0.39 is 11.8 Å². The van der Waals surface area contributed by atoms with Crippen LogP contribution >= 0.6 is 0 Å². The predicted octanol–water partition coefficient (Wildman–Crippen LogP) is 4.75. The number of aliphatic hydroxyl groups is 1. The number of alkyl halides is 2. The van der Waals surface area contributed by atoms with Crippen LogP contribution in [0.4, 0.5) is 26.1 Å². The number of anilines is 3. The summed E-state index contributed by atoms with van der Waals surface area (Å²) in [5, 5.41) is 17.9. The lowest BCUT2D eigenvalue weighted by Gasteiger charge is -2.42. The van der Waals surface area contributed by atoms with Gasteiger partial charge in [-0.2, -0.15) is 4.98 Å². The number of benzene rings is 2. The molecule has 7 nitrogen and oxygen atoms in total. The minimum atomic E-state index is -2.50. The first kappa shape index (κ1) is 22.9. The van der Waals surface area contributed by atoms with E-state index in [9.17, 15) is 18.7 Å². The second-order valence-electron chi connectivity index (χ2n) is 8.81. The van der Waals surface area contributed by atoms with Crippen molar-refractivity contribution in [2.45, 2.75) is 24.7 Å². The molecule has 1 fully saturated rings. The molecule has 2 aromatic heterocycles. The Bertz CT molecular complexity index is 1310. The van der Waals surface area contributed by atoms with Gasteiger partial charge in [-0.15, -0.1) is 5.10 Å². The van der Waals surface area contributed by atoms with Crippen molar-refractivity contribution >= 4 is 29.3 Å². The molecule has 1 aliphatic rings. The van der Waals surface area contributed by atoms with Gasteiger partial charge >= 0.3 is 0 Å².